The van der Waals surface area contributed by atoms with Crippen molar-refractivity contribution in [3.8, 4) is 11.3 Å². The molecule has 0 aromatic carbocycles. The second-order valence-corrected chi connectivity index (χ2v) is 6.71. The van der Waals surface area contributed by atoms with Crippen molar-refractivity contribution in [3.63, 3.8) is 0 Å². The fourth-order valence-corrected chi connectivity index (χ4v) is 3.12. The summed E-state index contributed by atoms with van der Waals surface area (Å²) in [5.41, 5.74) is 0.794. The van der Waals surface area contributed by atoms with Gasteiger partial charge in [-0.15, -0.1) is 0 Å². The number of anilines is 1. The highest BCUT2D eigenvalue weighted by atomic mass is 19.4. The van der Waals surface area contributed by atoms with Crippen LogP contribution in [0.15, 0.2) is 49.2 Å². The zero-order chi connectivity index (χ0) is 21.8. The van der Waals surface area contributed by atoms with Gasteiger partial charge in [-0.25, -0.2) is 4.98 Å². The van der Waals surface area contributed by atoms with Crippen LogP contribution in [0, 0.1) is 0 Å². The first kappa shape index (κ1) is 20.7. The van der Waals surface area contributed by atoms with Crippen LogP contribution < -0.4 is 5.32 Å². The van der Waals surface area contributed by atoms with E-state index < -0.39 is 17.8 Å². The summed E-state index contributed by atoms with van der Waals surface area (Å²) in [6.45, 7) is 0.194. The van der Waals surface area contributed by atoms with Crippen molar-refractivity contribution in [1.82, 2.24) is 24.7 Å². The van der Waals surface area contributed by atoms with Gasteiger partial charge in [-0.05, 0) is 24.1 Å². The summed E-state index contributed by atoms with van der Waals surface area (Å²) in [6.07, 6.45) is 4.76. The van der Waals surface area contributed by atoms with Gasteiger partial charge in [-0.1, -0.05) is 6.08 Å². The molecule has 0 atom stereocenters. The molecule has 0 unspecified atom stereocenters. The van der Waals surface area contributed by atoms with Crippen molar-refractivity contribution in [3.05, 3.63) is 60.5 Å². The summed E-state index contributed by atoms with van der Waals surface area (Å²) in [5, 5.41) is 6.16. The van der Waals surface area contributed by atoms with Crippen molar-refractivity contribution in [2.24, 2.45) is 0 Å². The minimum absolute atomic E-state index is 0.0324. The van der Waals surface area contributed by atoms with Gasteiger partial charge >= 0.3 is 6.18 Å². The smallest absolute Gasteiger partial charge is 0.377 e. The zero-order valence-corrected chi connectivity index (χ0v) is 16.1. The Morgan fingerprint density at radius 1 is 1.19 bits per heavy atom. The molecule has 3 aromatic rings. The van der Waals surface area contributed by atoms with Crippen molar-refractivity contribution in [1.29, 1.82) is 0 Å². The maximum absolute atomic E-state index is 13.4. The van der Waals surface area contributed by atoms with E-state index in [0.29, 0.717) is 29.9 Å². The van der Waals surface area contributed by atoms with Gasteiger partial charge < -0.3 is 10.1 Å². The van der Waals surface area contributed by atoms with Gasteiger partial charge in [-0.3, -0.25) is 19.4 Å². The number of nitrogens with one attached hydrogen (secondary N) is 1. The highest BCUT2D eigenvalue weighted by molar-refractivity contribution is 5.89. The van der Waals surface area contributed by atoms with Crippen molar-refractivity contribution in [2.45, 2.75) is 19.1 Å². The number of nitrogens with zero attached hydrogens (tertiary/aromatic N) is 5. The first-order chi connectivity index (χ1) is 14.9. The van der Waals surface area contributed by atoms with Crippen molar-refractivity contribution >= 4 is 17.3 Å². The monoisotopic (exact) mass is 430 g/mol. The van der Waals surface area contributed by atoms with Gasteiger partial charge in [0.2, 0.25) is 5.91 Å². The molecule has 160 valence electrons. The summed E-state index contributed by atoms with van der Waals surface area (Å²) < 4.78 is 46.4. The van der Waals surface area contributed by atoms with Gasteiger partial charge in [-0.2, -0.15) is 18.3 Å². The molecule has 0 aliphatic carbocycles. The third-order valence-electron chi connectivity index (χ3n) is 4.53. The molecule has 1 aliphatic rings. The molecule has 11 heteroatoms. The lowest BCUT2D eigenvalue weighted by molar-refractivity contribution is -0.141. The van der Waals surface area contributed by atoms with E-state index in [2.05, 4.69) is 25.4 Å². The molecule has 0 fully saturated rings. The molecule has 1 N–H and O–H groups in total. The topological polar surface area (TPSA) is 94.8 Å². The minimum Gasteiger partial charge on any atom is -0.377 e. The van der Waals surface area contributed by atoms with E-state index in [1.807, 2.05) is 0 Å². The van der Waals surface area contributed by atoms with Gasteiger partial charge in [0.05, 0.1) is 25.1 Å². The lowest BCUT2D eigenvalue weighted by Gasteiger charge is -2.14. The molecular weight excluding hydrogens is 413 g/mol. The van der Waals surface area contributed by atoms with E-state index in [1.165, 1.54) is 12.4 Å². The van der Waals surface area contributed by atoms with Crippen LogP contribution in [-0.4, -0.2) is 43.9 Å². The van der Waals surface area contributed by atoms with Crippen LogP contribution in [0.4, 0.5) is 19.0 Å². The Hall–Kier alpha value is -3.60. The van der Waals surface area contributed by atoms with E-state index in [0.717, 1.165) is 4.68 Å². The quantitative estimate of drug-likeness (QED) is 0.668. The number of aromatic nitrogens is 5. The van der Waals surface area contributed by atoms with Gasteiger partial charge in [0.25, 0.3) is 0 Å². The van der Waals surface area contributed by atoms with Gasteiger partial charge in [0.1, 0.15) is 12.4 Å². The maximum Gasteiger partial charge on any atom is 0.435 e. The lowest BCUT2D eigenvalue weighted by atomic mass is 10.0. The van der Waals surface area contributed by atoms with Crippen molar-refractivity contribution < 1.29 is 22.7 Å². The van der Waals surface area contributed by atoms with Gasteiger partial charge in [0, 0.05) is 35.9 Å². The molecule has 1 aliphatic heterocycles. The number of alkyl halides is 3. The Balaban J connectivity index is 1.47. The molecule has 0 saturated heterocycles. The van der Waals surface area contributed by atoms with Gasteiger partial charge in [0.15, 0.2) is 5.69 Å². The third kappa shape index (κ3) is 4.94. The summed E-state index contributed by atoms with van der Waals surface area (Å²) in [5.74, 6) is -0.295. The molecule has 31 heavy (non-hydrogen) atoms. The average Bonchev–Trinajstić information content (AvgIpc) is 3.20. The number of carbonyl (C=O) groups is 1. The molecule has 0 radical (unpaired) electrons. The number of ether oxygens (including phenoxy) is 1. The number of pyridine rings is 1. The number of amides is 1. The summed E-state index contributed by atoms with van der Waals surface area (Å²) in [4.78, 5) is 24.6. The van der Waals surface area contributed by atoms with Crippen LogP contribution in [0.5, 0.6) is 0 Å². The third-order valence-corrected chi connectivity index (χ3v) is 4.53. The van der Waals surface area contributed by atoms with E-state index in [4.69, 9.17) is 4.74 Å². The number of hydrogen-bond donors (Lipinski definition) is 1. The molecule has 0 spiro atoms. The Bertz CT molecular complexity index is 1090. The van der Waals surface area contributed by atoms with E-state index in [1.54, 1.807) is 36.8 Å². The Morgan fingerprint density at radius 2 is 2.06 bits per heavy atom. The summed E-state index contributed by atoms with van der Waals surface area (Å²) >= 11 is 0. The highest BCUT2D eigenvalue weighted by Crippen LogP contribution is 2.35. The molecule has 3 aromatic heterocycles. The number of carbonyl (C=O) groups excluding carboxylic acids is 1. The first-order valence-electron chi connectivity index (χ1n) is 9.34. The van der Waals surface area contributed by atoms with E-state index in [-0.39, 0.29) is 24.5 Å². The van der Waals surface area contributed by atoms with Crippen LogP contribution in [0.3, 0.4) is 0 Å². The SMILES string of the molecule is O=C(Cn1cc(C2=CCOCC2)c(C(F)(F)F)n1)Nc1ccc(-c2cnccn2)cn1. The van der Waals surface area contributed by atoms with Crippen LogP contribution in [0.25, 0.3) is 16.8 Å². The zero-order valence-electron chi connectivity index (χ0n) is 16.1. The van der Waals surface area contributed by atoms with Crippen LogP contribution in [-0.2, 0) is 22.3 Å². The van der Waals surface area contributed by atoms with E-state index >= 15 is 0 Å². The number of halogens is 3. The van der Waals surface area contributed by atoms with Crippen molar-refractivity contribution in [2.75, 3.05) is 18.5 Å². The molecule has 0 bridgehead atoms. The molecule has 4 heterocycles. The molecule has 4 rings (SSSR count). The average molecular weight is 430 g/mol. The predicted molar refractivity (Wildman–Crippen MR) is 105 cm³/mol. The fourth-order valence-electron chi connectivity index (χ4n) is 3.12. The Labute approximate surface area is 174 Å². The summed E-state index contributed by atoms with van der Waals surface area (Å²) in [6, 6.07) is 3.28. The first-order valence-corrected chi connectivity index (χ1v) is 9.34. The van der Waals surface area contributed by atoms with Crippen LogP contribution in [0.2, 0.25) is 0 Å². The molecular formula is C20H17F3N6O2. The second-order valence-electron chi connectivity index (χ2n) is 6.71. The number of hydrogen-bond acceptors (Lipinski definition) is 6. The standard InChI is InChI=1S/C20H17F3N6O2/c21-20(22,23)19-15(13-3-7-31-8-4-13)11-29(28-19)12-18(30)27-17-2-1-14(9-26-17)16-10-24-5-6-25-16/h1-3,5-6,9-11H,4,7-8,12H2,(H,26,27,30). The lowest BCUT2D eigenvalue weighted by Crippen LogP contribution is -2.20. The molecule has 8 nitrogen and oxygen atoms in total. The Kier molecular flexibility index (Phi) is 5.76. The summed E-state index contributed by atoms with van der Waals surface area (Å²) in [7, 11) is 0. The molecule has 1 amide bonds. The number of rotatable bonds is 5. The van der Waals surface area contributed by atoms with Crippen LogP contribution >= 0.6 is 0 Å². The Morgan fingerprint density at radius 3 is 2.71 bits per heavy atom. The molecule has 0 saturated carbocycles. The van der Waals surface area contributed by atoms with Crippen LogP contribution in [0.1, 0.15) is 17.7 Å². The highest BCUT2D eigenvalue weighted by Gasteiger charge is 2.38. The minimum atomic E-state index is -4.63. The predicted octanol–water partition coefficient (Wildman–Crippen LogP) is 3.20. The second kappa shape index (κ2) is 8.64. The fraction of sp³-hybridized carbons (Fsp3) is 0.250. The van der Waals surface area contributed by atoms with E-state index in [9.17, 15) is 18.0 Å². The normalized spacial score (nSPS) is 14.2. The largest absolute Gasteiger partial charge is 0.435 e. The maximum atomic E-state index is 13.4.